The molecule has 0 radical (unpaired) electrons. The Labute approximate surface area is 244 Å². The number of hydrogen-bond acceptors (Lipinski definition) is 7. The van der Waals surface area contributed by atoms with E-state index in [2.05, 4.69) is 16.0 Å². The van der Waals surface area contributed by atoms with Gasteiger partial charge in [-0.15, -0.1) is 0 Å². The van der Waals surface area contributed by atoms with Gasteiger partial charge in [-0.1, -0.05) is 12.1 Å². The van der Waals surface area contributed by atoms with Gasteiger partial charge in [0, 0.05) is 35.6 Å². The average molecular weight is 567 g/mol. The van der Waals surface area contributed by atoms with Crippen molar-refractivity contribution >= 4 is 34.1 Å². The summed E-state index contributed by atoms with van der Waals surface area (Å²) in [6.45, 7) is 2.97. The lowest BCUT2D eigenvalue weighted by atomic mass is 10.0. The number of primary amides is 1. The van der Waals surface area contributed by atoms with Gasteiger partial charge in [0.05, 0.1) is 19.7 Å². The fourth-order valence-electron chi connectivity index (χ4n) is 5.61. The number of anilines is 2. The second-order valence-electron chi connectivity index (χ2n) is 10.9. The van der Waals surface area contributed by atoms with E-state index in [0.717, 1.165) is 30.6 Å². The number of carbonyl (C=O) groups is 2. The first-order valence-electron chi connectivity index (χ1n) is 14.2. The average Bonchev–Trinajstić information content (AvgIpc) is 3.68. The normalized spacial score (nSPS) is 15.8. The number of amides is 2. The number of nitrogens with zero attached hydrogens (tertiary/aromatic N) is 3. The van der Waals surface area contributed by atoms with Crippen molar-refractivity contribution in [3.05, 3.63) is 78.5 Å². The smallest absolute Gasteiger partial charge is 0.247 e. The van der Waals surface area contributed by atoms with Crippen LogP contribution in [0.25, 0.3) is 10.9 Å². The number of aromatic nitrogens is 1. The first-order valence-corrected chi connectivity index (χ1v) is 14.2. The highest BCUT2D eigenvalue weighted by Crippen LogP contribution is 2.49. The van der Waals surface area contributed by atoms with Crippen molar-refractivity contribution in [2.24, 2.45) is 11.1 Å². The summed E-state index contributed by atoms with van der Waals surface area (Å²) in [7, 11) is 3.16. The van der Waals surface area contributed by atoms with Crippen LogP contribution >= 0.6 is 0 Å². The van der Waals surface area contributed by atoms with Gasteiger partial charge in [0.1, 0.15) is 16.9 Å². The number of benzene rings is 3. The second kappa shape index (κ2) is 11.3. The molecule has 2 heterocycles. The molecule has 216 valence electrons. The van der Waals surface area contributed by atoms with Gasteiger partial charge in [0.15, 0.2) is 11.5 Å². The van der Waals surface area contributed by atoms with Gasteiger partial charge < -0.3 is 19.9 Å². The largest absolute Gasteiger partial charge is 0.493 e. The molecule has 1 aliphatic carbocycles. The molecule has 2 fully saturated rings. The summed E-state index contributed by atoms with van der Waals surface area (Å²) in [5.74, 6) is 1.44. The standard InChI is InChI=1S/C33H34N4O5/c1-40-29-19-26-27(20-30(29)41-2)35-15-12-28(26)42-25-10-8-23(9-11-25)37(32(39)33(13-14-33)31(34)38)24-7-5-6-22(18-24)21-36-16-3-4-17-36/h5-12,15,18-20H,3-4,13-14,16-17,21H2,1-2H3,(H2,34,38). The molecule has 2 amide bonds. The Morgan fingerprint density at radius 3 is 2.29 bits per heavy atom. The number of rotatable bonds is 10. The van der Waals surface area contributed by atoms with Gasteiger partial charge in [-0.2, -0.15) is 0 Å². The molecule has 9 heteroatoms. The zero-order valence-corrected chi connectivity index (χ0v) is 23.8. The molecule has 6 rings (SSSR count). The number of ether oxygens (including phenoxy) is 3. The third kappa shape index (κ3) is 5.23. The van der Waals surface area contributed by atoms with E-state index in [0.29, 0.717) is 52.7 Å². The van der Waals surface area contributed by atoms with E-state index in [1.54, 1.807) is 49.6 Å². The third-order valence-corrected chi connectivity index (χ3v) is 8.14. The minimum atomic E-state index is -1.17. The highest BCUT2D eigenvalue weighted by Gasteiger charge is 2.57. The van der Waals surface area contributed by atoms with Gasteiger partial charge >= 0.3 is 0 Å². The summed E-state index contributed by atoms with van der Waals surface area (Å²) in [5.41, 5.74) is 7.71. The third-order valence-electron chi connectivity index (χ3n) is 8.14. The molecular formula is C33H34N4O5. The van der Waals surface area contributed by atoms with Crippen LogP contribution in [0.15, 0.2) is 72.9 Å². The first-order chi connectivity index (χ1) is 20.4. The number of methoxy groups -OCH3 is 2. The molecule has 4 aromatic rings. The Kier molecular flexibility index (Phi) is 7.43. The number of pyridine rings is 1. The molecule has 0 atom stereocenters. The van der Waals surface area contributed by atoms with Crippen LogP contribution in [0.4, 0.5) is 11.4 Å². The maximum atomic E-state index is 13.9. The Morgan fingerprint density at radius 2 is 1.62 bits per heavy atom. The van der Waals surface area contributed by atoms with Crippen LogP contribution in [0.1, 0.15) is 31.2 Å². The van der Waals surface area contributed by atoms with Gasteiger partial charge in [-0.05, 0) is 92.9 Å². The number of likely N-dealkylation sites (tertiary alicyclic amines) is 1. The molecule has 0 unspecified atom stereocenters. The summed E-state index contributed by atoms with van der Waals surface area (Å²) in [6.07, 6.45) is 4.99. The van der Waals surface area contributed by atoms with E-state index in [1.165, 1.54) is 12.8 Å². The Morgan fingerprint density at radius 1 is 0.905 bits per heavy atom. The van der Waals surface area contributed by atoms with Crippen molar-refractivity contribution in [3.8, 4) is 23.0 Å². The minimum absolute atomic E-state index is 0.303. The summed E-state index contributed by atoms with van der Waals surface area (Å²) in [4.78, 5) is 34.8. The molecule has 3 aromatic carbocycles. The maximum Gasteiger partial charge on any atom is 0.247 e. The molecule has 1 saturated heterocycles. The van der Waals surface area contributed by atoms with Gasteiger partial charge in [-0.3, -0.25) is 24.4 Å². The van der Waals surface area contributed by atoms with E-state index in [4.69, 9.17) is 19.9 Å². The quantitative estimate of drug-likeness (QED) is 0.250. The van der Waals surface area contributed by atoms with Crippen LogP contribution in [-0.2, 0) is 16.1 Å². The van der Waals surface area contributed by atoms with E-state index in [1.807, 2.05) is 36.4 Å². The minimum Gasteiger partial charge on any atom is -0.493 e. The lowest BCUT2D eigenvalue weighted by Crippen LogP contribution is -2.41. The fraction of sp³-hybridized carbons (Fsp3) is 0.303. The second-order valence-corrected chi connectivity index (χ2v) is 10.9. The van der Waals surface area contributed by atoms with Crippen LogP contribution in [0.3, 0.4) is 0 Å². The molecule has 2 N–H and O–H groups in total. The summed E-state index contributed by atoms with van der Waals surface area (Å²) < 4.78 is 17.1. The zero-order chi connectivity index (χ0) is 29.3. The van der Waals surface area contributed by atoms with Crippen LogP contribution in [-0.4, -0.2) is 49.0 Å². The van der Waals surface area contributed by atoms with E-state index in [9.17, 15) is 9.59 Å². The summed E-state index contributed by atoms with van der Waals surface area (Å²) in [5, 5.41) is 0.767. The maximum absolute atomic E-state index is 13.9. The van der Waals surface area contributed by atoms with Crippen molar-refractivity contribution in [3.63, 3.8) is 0 Å². The predicted octanol–water partition coefficient (Wildman–Crippen LogP) is 5.57. The highest BCUT2D eigenvalue weighted by molar-refractivity contribution is 6.16. The van der Waals surface area contributed by atoms with E-state index >= 15 is 0 Å². The highest BCUT2D eigenvalue weighted by atomic mass is 16.5. The molecule has 1 saturated carbocycles. The number of nitrogens with two attached hydrogens (primary N) is 1. The van der Waals surface area contributed by atoms with Crippen molar-refractivity contribution in [2.45, 2.75) is 32.2 Å². The number of carbonyl (C=O) groups excluding carboxylic acids is 2. The SMILES string of the molecule is COc1cc2nccc(Oc3ccc(N(C(=O)C4(C(N)=O)CC4)c4cccc(CN5CCCC5)c4)cc3)c2cc1OC. The van der Waals surface area contributed by atoms with Gasteiger partial charge in [0.2, 0.25) is 11.8 Å². The molecule has 42 heavy (non-hydrogen) atoms. The fourth-order valence-corrected chi connectivity index (χ4v) is 5.61. The van der Waals surface area contributed by atoms with Crippen molar-refractivity contribution in [1.82, 2.24) is 9.88 Å². The predicted molar refractivity (Wildman–Crippen MR) is 160 cm³/mol. The Bertz CT molecular complexity index is 1630. The molecular weight excluding hydrogens is 532 g/mol. The molecule has 9 nitrogen and oxygen atoms in total. The summed E-state index contributed by atoms with van der Waals surface area (Å²) >= 11 is 0. The number of hydrogen-bond donors (Lipinski definition) is 1. The van der Waals surface area contributed by atoms with E-state index in [-0.39, 0.29) is 5.91 Å². The van der Waals surface area contributed by atoms with Gasteiger partial charge in [0.25, 0.3) is 0 Å². The first kappa shape index (κ1) is 27.5. The van der Waals surface area contributed by atoms with Crippen LogP contribution in [0.2, 0.25) is 0 Å². The van der Waals surface area contributed by atoms with Crippen LogP contribution in [0, 0.1) is 5.41 Å². The van der Waals surface area contributed by atoms with Gasteiger partial charge in [-0.25, -0.2) is 0 Å². The van der Waals surface area contributed by atoms with Crippen molar-refractivity contribution in [2.75, 3.05) is 32.2 Å². The van der Waals surface area contributed by atoms with Crippen molar-refractivity contribution in [1.29, 1.82) is 0 Å². The molecule has 0 bridgehead atoms. The lowest BCUT2D eigenvalue weighted by Gasteiger charge is -2.27. The van der Waals surface area contributed by atoms with E-state index < -0.39 is 11.3 Å². The molecule has 2 aliphatic rings. The lowest BCUT2D eigenvalue weighted by molar-refractivity contribution is -0.133. The monoisotopic (exact) mass is 566 g/mol. The Balaban J connectivity index is 1.32. The van der Waals surface area contributed by atoms with Crippen LogP contribution in [0.5, 0.6) is 23.0 Å². The summed E-state index contributed by atoms with van der Waals surface area (Å²) in [6, 6.07) is 20.6. The zero-order valence-electron chi connectivity index (χ0n) is 23.8. The number of fused-ring (bicyclic) bond motifs is 1. The molecule has 1 aliphatic heterocycles. The molecule has 0 spiro atoms. The molecule has 1 aromatic heterocycles. The van der Waals surface area contributed by atoms with Crippen molar-refractivity contribution < 1.29 is 23.8 Å². The Hall–Kier alpha value is -4.63. The topological polar surface area (TPSA) is 107 Å². The van der Waals surface area contributed by atoms with Crippen LogP contribution < -0.4 is 24.8 Å².